The van der Waals surface area contributed by atoms with Crippen LogP contribution in [0.2, 0.25) is 0 Å². The van der Waals surface area contributed by atoms with Gasteiger partial charge in [-0.15, -0.1) is 0 Å². The molecule has 0 saturated carbocycles. The molecule has 10 heteroatoms. The van der Waals surface area contributed by atoms with Crippen LogP contribution in [0.15, 0.2) is 60.7 Å². The molecule has 2 aromatic rings. The predicted molar refractivity (Wildman–Crippen MR) is 164 cm³/mol. The van der Waals surface area contributed by atoms with E-state index >= 15 is 0 Å². The van der Waals surface area contributed by atoms with Crippen molar-refractivity contribution in [1.29, 1.82) is 0 Å². The summed E-state index contributed by atoms with van der Waals surface area (Å²) in [5.41, 5.74) is 4.68. The Morgan fingerprint density at radius 1 is 0.721 bits per heavy atom. The molecule has 228 valence electrons. The lowest BCUT2D eigenvalue weighted by molar-refractivity contribution is 0.0312. The summed E-state index contributed by atoms with van der Waals surface area (Å²) in [4.78, 5) is 30.4. The largest absolute Gasteiger partial charge is 0.497 e. The van der Waals surface area contributed by atoms with Gasteiger partial charge in [0.2, 0.25) is 0 Å². The topological polar surface area (TPSA) is 102 Å². The van der Waals surface area contributed by atoms with Crippen LogP contribution in [0, 0.1) is 0 Å². The van der Waals surface area contributed by atoms with E-state index in [1.54, 1.807) is 26.4 Å². The minimum absolute atomic E-state index is 0.0328. The second-order valence-electron chi connectivity index (χ2n) is 11.5. The Labute approximate surface area is 252 Å². The highest BCUT2D eigenvalue weighted by atomic mass is 16.5. The Hall–Kier alpha value is -4.02. The summed E-state index contributed by atoms with van der Waals surface area (Å²) in [5, 5.41) is 6.83. The zero-order valence-corrected chi connectivity index (χ0v) is 24.9. The number of hydrogen-bond donors (Lipinski definition) is 2. The van der Waals surface area contributed by atoms with Crippen LogP contribution >= 0.6 is 0 Å². The van der Waals surface area contributed by atoms with Gasteiger partial charge in [-0.25, -0.2) is 0 Å². The number of nitrogens with zero attached hydrogens (tertiary/aromatic N) is 2. The minimum Gasteiger partial charge on any atom is -0.497 e. The highest BCUT2D eigenvalue weighted by Crippen LogP contribution is 2.35. The standard InChI is InChI=1S/C33H40N4O6/c1-20-18-36-28(16-34-26-10-8-22(40-3)14-24(26)32(36)38)30(20)42-12-6-5-7-13-43-31-21(2)19-37-29(31)17-35-27-11-9-23(41-4)15-25(27)33(37)39/h8-11,14-15,28-31,34-35H,1-2,5-7,12-13,16-19H2,3-4H3. The Bertz CT molecular complexity index is 1320. The fourth-order valence-electron chi connectivity index (χ4n) is 6.56. The Kier molecular flexibility index (Phi) is 8.32. The van der Waals surface area contributed by atoms with Gasteiger partial charge >= 0.3 is 0 Å². The maximum absolute atomic E-state index is 13.3. The van der Waals surface area contributed by atoms with Gasteiger partial charge < -0.3 is 39.4 Å². The summed E-state index contributed by atoms with van der Waals surface area (Å²) in [6.07, 6.45) is 2.27. The first-order chi connectivity index (χ1) is 20.9. The van der Waals surface area contributed by atoms with Crippen molar-refractivity contribution in [2.75, 3.05) is 64.2 Å². The lowest BCUT2D eigenvalue weighted by Gasteiger charge is -2.26. The average molecular weight is 589 g/mol. The van der Waals surface area contributed by atoms with E-state index in [2.05, 4.69) is 23.8 Å². The van der Waals surface area contributed by atoms with Crippen LogP contribution in [0.1, 0.15) is 40.0 Å². The normalized spacial score (nSPS) is 24.3. The predicted octanol–water partition coefficient (Wildman–Crippen LogP) is 3.96. The molecule has 4 heterocycles. The molecule has 2 fully saturated rings. The first-order valence-electron chi connectivity index (χ1n) is 14.9. The molecule has 0 spiro atoms. The van der Waals surface area contributed by atoms with Crippen molar-refractivity contribution in [3.05, 3.63) is 71.8 Å². The lowest BCUT2D eigenvalue weighted by atomic mass is 10.1. The first kappa shape index (κ1) is 29.1. The fraction of sp³-hybridized carbons (Fsp3) is 0.455. The lowest BCUT2D eigenvalue weighted by Crippen LogP contribution is -2.43. The summed E-state index contributed by atoms with van der Waals surface area (Å²) in [6.45, 7) is 11.8. The molecule has 2 saturated heterocycles. The number of anilines is 2. The molecule has 2 N–H and O–H groups in total. The quantitative estimate of drug-likeness (QED) is 0.318. The third-order valence-corrected chi connectivity index (χ3v) is 8.87. The van der Waals surface area contributed by atoms with Crippen molar-refractivity contribution in [2.45, 2.75) is 43.6 Å². The van der Waals surface area contributed by atoms with Gasteiger partial charge in [-0.3, -0.25) is 9.59 Å². The monoisotopic (exact) mass is 588 g/mol. The van der Waals surface area contributed by atoms with E-state index in [0.717, 1.165) is 41.8 Å². The van der Waals surface area contributed by atoms with Gasteiger partial charge in [0, 0.05) is 50.8 Å². The molecule has 4 aliphatic heterocycles. The van der Waals surface area contributed by atoms with Gasteiger partial charge in [-0.05, 0) is 66.8 Å². The summed E-state index contributed by atoms with van der Waals surface area (Å²) < 4.78 is 23.2. The molecule has 6 rings (SSSR count). The van der Waals surface area contributed by atoms with E-state index in [9.17, 15) is 9.59 Å². The third kappa shape index (κ3) is 5.57. The molecule has 2 amide bonds. The smallest absolute Gasteiger partial charge is 0.256 e. The third-order valence-electron chi connectivity index (χ3n) is 8.87. The minimum atomic E-state index is -0.207. The molecule has 0 aromatic heterocycles. The molecule has 2 aromatic carbocycles. The van der Waals surface area contributed by atoms with E-state index in [1.807, 2.05) is 34.1 Å². The maximum atomic E-state index is 13.3. The molecule has 10 nitrogen and oxygen atoms in total. The second kappa shape index (κ2) is 12.3. The fourth-order valence-corrected chi connectivity index (χ4v) is 6.56. The number of benzene rings is 2. The van der Waals surface area contributed by atoms with Crippen molar-refractivity contribution in [3.63, 3.8) is 0 Å². The highest BCUT2D eigenvalue weighted by molar-refractivity contribution is 6.02. The van der Waals surface area contributed by atoms with Crippen LogP contribution in [0.25, 0.3) is 0 Å². The van der Waals surface area contributed by atoms with E-state index in [4.69, 9.17) is 18.9 Å². The van der Waals surface area contributed by atoms with E-state index in [-0.39, 0.29) is 36.1 Å². The summed E-state index contributed by atoms with van der Waals surface area (Å²) in [7, 11) is 3.20. The van der Waals surface area contributed by atoms with Gasteiger partial charge in [-0.2, -0.15) is 0 Å². The van der Waals surface area contributed by atoms with Gasteiger partial charge in [-0.1, -0.05) is 13.2 Å². The molecule has 4 atom stereocenters. The zero-order chi connectivity index (χ0) is 30.1. The number of amides is 2. The molecule has 0 radical (unpaired) electrons. The number of ether oxygens (including phenoxy) is 4. The van der Waals surface area contributed by atoms with E-state index in [1.165, 1.54) is 0 Å². The number of rotatable bonds is 10. The van der Waals surface area contributed by atoms with Crippen molar-refractivity contribution < 1.29 is 28.5 Å². The number of hydrogen-bond acceptors (Lipinski definition) is 8. The summed E-state index contributed by atoms with van der Waals surface area (Å²) in [5.74, 6) is 1.24. The van der Waals surface area contributed by atoms with Gasteiger partial charge in [0.15, 0.2) is 0 Å². The van der Waals surface area contributed by atoms with E-state index < -0.39 is 0 Å². The molecule has 4 aliphatic rings. The number of methoxy groups -OCH3 is 2. The summed E-state index contributed by atoms with van der Waals surface area (Å²) in [6, 6.07) is 10.8. The number of carbonyl (C=O) groups is 2. The summed E-state index contributed by atoms with van der Waals surface area (Å²) >= 11 is 0. The number of unbranched alkanes of at least 4 members (excludes halogenated alkanes) is 2. The van der Waals surface area contributed by atoms with Crippen LogP contribution in [0.5, 0.6) is 11.5 Å². The second-order valence-corrected chi connectivity index (χ2v) is 11.5. The van der Waals surface area contributed by atoms with Crippen molar-refractivity contribution in [2.24, 2.45) is 0 Å². The van der Waals surface area contributed by atoms with E-state index in [0.29, 0.717) is 62.0 Å². The molecule has 0 bridgehead atoms. The maximum Gasteiger partial charge on any atom is 0.256 e. The molecule has 0 aliphatic carbocycles. The van der Waals surface area contributed by atoms with Crippen LogP contribution in [0.3, 0.4) is 0 Å². The SMILES string of the molecule is C=C1CN2C(=O)c3cc(OC)ccc3NCC2C1OCCCCCOC1C(=C)CN2C(=O)c3cc(OC)ccc3NCC12. The van der Waals surface area contributed by atoms with Gasteiger partial charge in [0.1, 0.15) is 23.7 Å². The Morgan fingerprint density at radius 2 is 1.16 bits per heavy atom. The van der Waals surface area contributed by atoms with Crippen molar-refractivity contribution in [3.8, 4) is 11.5 Å². The van der Waals surface area contributed by atoms with Gasteiger partial charge in [0.05, 0.1) is 37.4 Å². The van der Waals surface area contributed by atoms with Crippen LogP contribution in [0.4, 0.5) is 11.4 Å². The molecular weight excluding hydrogens is 548 g/mol. The van der Waals surface area contributed by atoms with Crippen molar-refractivity contribution >= 4 is 23.2 Å². The van der Waals surface area contributed by atoms with Crippen LogP contribution < -0.4 is 20.1 Å². The van der Waals surface area contributed by atoms with Gasteiger partial charge in [0.25, 0.3) is 11.8 Å². The van der Waals surface area contributed by atoms with Crippen molar-refractivity contribution in [1.82, 2.24) is 9.80 Å². The zero-order valence-electron chi connectivity index (χ0n) is 24.9. The van der Waals surface area contributed by atoms with Crippen LogP contribution in [-0.2, 0) is 9.47 Å². The molecular formula is C33H40N4O6. The highest BCUT2D eigenvalue weighted by Gasteiger charge is 2.44. The van der Waals surface area contributed by atoms with Crippen LogP contribution in [-0.4, -0.2) is 99.5 Å². The number of nitrogens with one attached hydrogen (secondary N) is 2. The average Bonchev–Trinajstić information content (AvgIpc) is 3.42. The molecule has 4 unspecified atom stereocenters. The Balaban J connectivity index is 0.958. The first-order valence-corrected chi connectivity index (χ1v) is 14.9. The number of carbonyl (C=O) groups excluding carboxylic acids is 2. The number of fused-ring (bicyclic) bond motifs is 4. The Morgan fingerprint density at radius 3 is 1.58 bits per heavy atom. The molecule has 43 heavy (non-hydrogen) atoms.